The molecule has 4 rings (SSSR count). The first-order chi connectivity index (χ1) is 15.5. The number of thiophene rings is 1. The van der Waals surface area contributed by atoms with Crippen molar-refractivity contribution >= 4 is 34.7 Å². The number of para-hydroxylation sites is 1. The van der Waals surface area contributed by atoms with Crippen molar-refractivity contribution in [1.29, 1.82) is 0 Å². The summed E-state index contributed by atoms with van der Waals surface area (Å²) in [6.45, 7) is 0. The molecule has 1 atom stereocenters. The van der Waals surface area contributed by atoms with Gasteiger partial charge in [-0.25, -0.2) is 4.79 Å². The number of rotatable bonds is 6. The second kappa shape index (κ2) is 8.68. The molecule has 1 aliphatic heterocycles. The van der Waals surface area contributed by atoms with Gasteiger partial charge >= 0.3 is 5.97 Å². The monoisotopic (exact) mass is 449 g/mol. The van der Waals surface area contributed by atoms with Crippen molar-refractivity contribution in [3.8, 4) is 5.75 Å². The Hall–Kier alpha value is -3.91. The molecular weight excluding hydrogens is 430 g/mol. The smallest absolute Gasteiger partial charge is 0.337 e. The zero-order valence-electron chi connectivity index (χ0n) is 17.3. The van der Waals surface area contributed by atoms with Crippen LogP contribution in [0.2, 0.25) is 0 Å². The fourth-order valence-electron chi connectivity index (χ4n) is 3.73. The van der Waals surface area contributed by atoms with Crippen LogP contribution in [0.25, 0.3) is 0 Å². The summed E-state index contributed by atoms with van der Waals surface area (Å²) in [5, 5.41) is 12.6. The Morgan fingerprint density at radius 3 is 2.50 bits per heavy atom. The number of Topliss-reactive ketones (excluding diaryl/α,β-unsaturated/α-hetero) is 1. The molecule has 1 unspecified atom stereocenters. The van der Waals surface area contributed by atoms with Crippen LogP contribution in [0.15, 0.2) is 77.4 Å². The van der Waals surface area contributed by atoms with Crippen molar-refractivity contribution in [3.63, 3.8) is 0 Å². The molecule has 1 amide bonds. The third-order valence-electron chi connectivity index (χ3n) is 5.18. The zero-order valence-corrected chi connectivity index (χ0v) is 18.1. The molecule has 162 valence electrons. The maximum atomic E-state index is 13.3. The predicted molar refractivity (Wildman–Crippen MR) is 119 cm³/mol. The lowest BCUT2D eigenvalue weighted by Gasteiger charge is -2.28. The molecule has 1 aromatic heterocycles. The lowest BCUT2D eigenvalue weighted by atomic mass is 9.94. The van der Waals surface area contributed by atoms with Crippen molar-refractivity contribution < 1.29 is 29.0 Å². The van der Waals surface area contributed by atoms with E-state index in [0.29, 0.717) is 21.9 Å². The zero-order chi connectivity index (χ0) is 22.8. The number of amides is 1. The summed E-state index contributed by atoms with van der Waals surface area (Å²) in [4.78, 5) is 40.3. The number of hydrogen-bond acceptors (Lipinski definition) is 7. The largest absolute Gasteiger partial charge is 0.503 e. The highest BCUT2D eigenvalue weighted by Gasteiger charge is 2.46. The number of esters is 1. The van der Waals surface area contributed by atoms with Crippen molar-refractivity contribution in [1.82, 2.24) is 0 Å². The van der Waals surface area contributed by atoms with Crippen molar-refractivity contribution in [2.24, 2.45) is 0 Å². The van der Waals surface area contributed by atoms with Crippen molar-refractivity contribution in [2.75, 3.05) is 19.1 Å². The molecular formula is C24H19NO6S. The molecule has 2 heterocycles. The van der Waals surface area contributed by atoms with Crippen LogP contribution in [-0.4, -0.2) is 37.0 Å². The maximum absolute atomic E-state index is 13.3. The summed E-state index contributed by atoms with van der Waals surface area (Å²) in [7, 11) is 2.75. The summed E-state index contributed by atoms with van der Waals surface area (Å²) >= 11 is 1.22. The van der Waals surface area contributed by atoms with Gasteiger partial charge in [0.05, 0.1) is 36.3 Å². The van der Waals surface area contributed by atoms with Crippen molar-refractivity contribution in [3.05, 3.63) is 93.4 Å². The number of anilines is 1. The van der Waals surface area contributed by atoms with Gasteiger partial charge in [-0.3, -0.25) is 14.5 Å². The van der Waals surface area contributed by atoms with Gasteiger partial charge in [-0.2, -0.15) is 0 Å². The number of aliphatic hydroxyl groups is 1. The van der Waals surface area contributed by atoms with Gasteiger partial charge in [0.1, 0.15) is 5.75 Å². The van der Waals surface area contributed by atoms with Gasteiger partial charge in [0.2, 0.25) is 5.78 Å². The van der Waals surface area contributed by atoms with Crippen LogP contribution < -0.4 is 9.64 Å². The van der Waals surface area contributed by atoms with E-state index in [4.69, 9.17) is 9.47 Å². The Morgan fingerprint density at radius 1 is 1.03 bits per heavy atom. The molecule has 8 heteroatoms. The van der Waals surface area contributed by atoms with Gasteiger partial charge in [0.15, 0.2) is 5.76 Å². The fraction of sp³-hybridized carbons (Fsp3) is 0.125. The van der Waals surface area contributed by atoms with Gasteiger partial charge in [0, 0.05) is 11.3 Å². The van der Waals surface area contributed by atoms with Crippen LogP contribution in [0.5, 0.6) is 5.75 Å². The molecule has 2 aromatic carbocycles. The summed E-state index contributed by atoms with van der Waals surface area (Å²) in [6, 6.07) is 15.6. The molecule has 32 heavy (non-hydrogen) atoms. The number of benzene rings is 2. The molecule has 0 spiro atoms. The van der Waals surface area contributed by atoms with E-state index in [1.807, 2.05) is 0 Å². The average molecular weight is 449 g/mol. The SMILES string of the molecule is COC(=O)c1cccc(N2C(=O)C(O)=C(C(=O)c3cccs3)C2c2ccccc2OC)c1. The molecule has 1 aliphatic rings. The molecule has 0 bridgehead atoms. The molecule has 3 aromatic rings. The summed E-state index contributed by atoms with van der Waals surface area (Å²) in [5.41, 5.74) is 1.03. The second-order valence-electron chi connectivity index (χ2n) is 6.93. The summed E-state index contributed by atoms with van der Waals surface area (Å²) < 4.78 is 10.3. The maximum Gasteiger partial charge on any atom is 0.337 e. The van der Waals surface area contributed by atoms with Gasteiger partial charge in [-0.1, -0.05) is 30.3 Å². The fourth-order valence-corrected chi connectivity index (χ4v) is 4.41. The van der Waals surface area contributed by atoms with Crippen LogP contribution >= 0.6 is 11.3 Å². The highest BCUT2D eigenvalue weighted by Crippen LogP contribution is 2.45. The van der Waals surface area contributed by atoms with E-state index in [1.165, 1.54) is 36.5 Å². The predicted octanol–water partition coefficient (Wildman–Crippen LogP) is 4.33. The molecule has 0 saturated carbocycles. The van der Waals surface area contributed by atoms with Crippen LogP contribution in [0, 0.1) is 0 Å². The lowest BCUT2D eigenvalue weighted by molar-refractivity contribution is -0.117. The van der Waals surface area contributed by atoms with Crippen LogP contribution in [0.1, 0.15) is 31.6 Å². The van der Waals surface area contributed by atoms with E-state index in [9.17, 15) is 19.5 Å². The molecule has 1 N–H and O–H groups in total. The van der Waals surface area contributed by atoms with Crippen LogP contribution in [-0.2, 0) is 9.53 Å². The third kappa shape index (κ3) is 3.54. The van der Waals surface area contributed by atoms with Gasteiger partial charge in [-0.05, 0) is 35.7 Å². The number of carbonyl (C=O) groups excluding carboxylic acids is 3. The van der Waals surface area contributed by atoms with Crippen molar-refractivity contribution in [2.45, 2.75) is 6.04 Å². The molecule has 0 saturated heterocycles. The number of hydrogen-bond donors (Lipinski definition) is 1. The molecule has 0 fully saturated rings. The number of nitrogens with zero attached hydrogens (tertiary/aromatic N) is 1. The van der Waals surface area contributed by atoms with E-state index in [-0.39, 0.29) is 11.1 Å². The number of carbonyl (C=O) groups is 3. The number of methoxy groups -OCH3 is 2. The number of aliphatic hydroxyl groups excluding tert-OH is 1. The highest BCUT2D eigenvalue weighted by atomic mass is 32.1. The molecule has 0 radical (unpaired) electrons. The minimum absolute atomic E-state index is 0.0505. The Labute approximate surface area is 188 Å². The van der Waals surface area contributed by atoms with E-state index in [0.717, 1.165) is 0 Å². The summed E-state index contributed by atoms with van der Waals surface area (Å²) in [6.07, 6.45) is 0. The quantitative estimate of drug-likeness (QED) is 0.445. The lowest BCUT2D eigenvalue weighted by Crippen LogP contribution is -2.31. The van der Waals surface area contributed by atoms with E-state index >= 15 is 0 Å². The highest BCUT2D eigenvalue weighted by molar-refractivity contribution is 7.12. The average Bonchev–Trinajstić information content (AvgIpc) is 3.45. The Balaban J connectivity index is 1.91. The standard InChI is InChI=1S/C24H19NO6S/c1-30-17-10-4-3-9-16(17)20-19(21(26)18-11-6-12-32-18)22(27)23(28)25(20)15-8-5-7-14(13-15)24(29)31-2/h3-13,20,27H,1-2H3. The third-order valence-corrected chi connectivity index (χ3v) is 6.05. The number of ketones is 1. The van der Waals surface area contributed by atoms with Crippen LogP contribution in [0.3, 0.4) is 0 Å². The normalized spacial score (nSPS) is 15.8. The Morgan fingerprint density at radius 2 is 1.81 bits per heavy atom. The topological polar surface area (TPSA) is 93.1 Å². The van der Waals surface area contributed by atoms with Crippen LogP contribution in [0.4, 0.5) is 5.69 Å². The van der Waals surface area contributed by atoms with E-state index in [2.05, 4.69) is 0 Å². The first-order valence-corrected chi connectivity index (χ1v) is 10.5. The Kier molecular flexibility index (Phi) is 5.79. The van der Waals surface area contributed by atoms with E-state index in [1.54, 1.807) is 60.0 Å². The minimum atomic E-state index is -0.957. The molecule has 7 nitrogen and oxygen atoms in total. The van der Waals surface area contributed by atoms with Gasteiger partial charge in [-0.15, -0.1) is 11.3 Å². The molecule has 0 aliphatic carbocycles. The second-order valence-corrected chi connectivity index (χ2v) is 7.88. The first-order valence-electron chi connectivity index (χ1n) is 9.64. The Bertz CT molecular complexity index is 1230. The van der Waals surface area contributed by atoms with Gasteiger partial charge < -0.3 is 14.6 Å². The first kappa shape index (κ1) is 21.3. The number of ether oxygens (including phenoxy) is 2. The van der Waals surface area contributed by atoms with Gasteiger partial charge in [0.25, 0.3) is 5.91 Å². The minimum Gasteiger partial charge on any atom is -0.503 e. The van der Waals surface area contributed by atoms with E-state index < -0.39 is 29.5 Å². The summed E-state index contributed by atoms with van der Waals surface area (Å²) in [5.74, 6) is -1.95.